The van der Waals surface area contributed by atoms with Gasteiger partial charge in [0.1, 0.15) is 5.82 Å². The van der Waals surface area contributed by atoms with E-state index in [-0.39, 0.29) is 11.5 Å². The number of thiophene rings is 1. The molecule has 2 heterocycles. The van der Waals surface area contributed by atoms with Crippen molar-refractivity contribution in [3.05, 3.63) is 56.4 Å². The molecular formula is C17H18BrFN2OS. The highest BCUT2D eigenvalue weighted by Crippen LogP contribution is 2.21. The summed E-state index contributed by atoms with van der Waals surface area (Å²) in [5, 5.41) is 4.24. The van der Waals surface area contributed by atoms with Crippen molar-refractivity contribution >= 4 is 33.2 Å². The Morgan fingerprint density at radius 2 is 2.09 bits per heavy atom. The fraction of sp³-hybridized carbons (Fsp3) is 0.353. The first kappa shape index (κ1) is 16.6. The van der Waals surface area contributed by atoms with Gasteiger partial charge in [-0.3, -0.25) is 9.69 Å². The third-order valence-corrected chi connectivity index (χ3v) is 5.39. The lowest BCUT2D eigenvalue weighted by Gasteiger charge is -2.22. The summed E-state index contributed by atoms with van der Waals surface area (Å²) in [7, 11) is 0. The molecular weight excluding hydrogens is 379 g/mol. The molecule has 0 atom stereocenters. The number of rotatable bonds is 3. The maximum absolute atomic E-state index is 14.1. The van der Waals surface area contributed by atoms with E-state index in [0.717, 1.165) is 26.1 Å². The predicted molar refractivity (Wildman–Crippen MR) is 94.2 cm³/mol. The van der Waals surface area contributed by atoms with Crippen LogP contribution in [0.2, 0.25) is 0 Å². The maximum Gasteiger partial charge on any atom is 0.256 e. The minimum Gasteiger partial charge on any atom is -0.337 e. The lowest BCUT2D eigenvalue weighted by atomic mass is 10.2. The van der Waals surface area contributed by atoms with E-state index in [0.29, 0.717) is 17.6 Å². The van der Waals surface area contributed by atoms with E-state index in [4.69, 9.17) is 0 Å². The molecule has 1 aromatic heterocycles. The molecule has 1 aromatic carbocycles. The van der Waals surface area contributed by atoms with Crippen LogP contribution in [-0.2, 0) is 6.54 Å². The Morgan fingerprint density at radius 1 is 1.22 bits per heavy atom. The Balaban J connectivity index is 1.65. The predicted octanol–water partition coefficient (Wildman–Crippen LogP) is 4.00. The van der Waals surface area contributed by atoms with Gasteiger partial charge >= 0.3 is 0 Å². The summed E-state index contributed by atoms with van der Waals surface area (Å²) in [5.41, 5.74) is 1.46. The van der Waals surface area contributed by atoms with Crippen LogP contribution in [0, 0.1) is 5.82 Å². The molecule has 0 N–H and O–H groups in total. The molecule has 1 fully saturated rings. The molecule has 0 aliphatic carbocycles. The summed E-state index contributed by atoms with van der Waals surface area (Å²) in [6.07, 6.45) is 0.908. The second kappa shape index (κ2) is 7.55. The van der Waals surface area contributed by atoms with E-state index in [1.165, 1.54) is 5.56 Å². The lowest BCUT2D eigenvalue weighted by molar-refractivity contribution is 0.0756. The van der Waals surface area contributed by atoms with Crippen molar-refractivity contribution in [3.8, 4) is 0 Å². The van der Waals surface area contributed by atoms with Crippen LogP contribution < -0.4 is 0 Å². The van der Waals surface area contributed by atoms with Gasteiger partial charge in [0.2, 0.25) is 0 Å². The third kappa shape index (κ3) is 4.00. The minimum absolute atomic E-state index is 0.144. The van der Waals surface area contributed by atoms with Crippen LogP contribution in [-0.4, -0.2) is 41.9 Å². The number of halogens is 2. The molecule has 0 unspecified atom stereocenters. The minimum atomic E-state index is -0.475. The van der Waals surface area contributed by atoms with E-state index < -0.39 is 5.82 Å². The fourth-order valence-corrected chi connectivity index (χ4v) is 3.84. The maximum atomic E-state index is 14.1. The number of nitrogens with zero attached hydrogens (tertiary/aromatic N) is 2. The largest absolute Gasteiger partial charge is 0.337 e. The number of benzene rings is 1. The summed E-state index contributed by atoms with van der Waals surface area (Å²) >= 11 is 4.85. The molecule has 0 saturated carbocycles. The molecule has 1 amide bonds. The summed E-state index contributed by atoms with van der Waals surface area (Å²) < 4.78 is 14.5. The molecule has 0 radical (unpaired) electrons. The van der Waals surface area contributed by atoms with Gasteiger partial charge in [-0.2, -0.15) is 11.3 Å². The number of amides is 1. The third-order valence-electron chi connectivity index (χ3n) is 4.04. The Kier molecular flexibility index (Phi) is 5.46. The smallest absolute Gasteiger partial charge is 0.256 e. The summed E-state index contributed by atoms with van der Waals surface area (Å²) in [6.45, 7) is 3.99. The molecule has 0 bridgehead atoms. The standard InChI is InChI=1S/C17H18BrFN2OS/c18-15-4-1-3-14(16(15)19)17(22)21-7-2-6-20(8-9-21)11-13-5-10-23-12-13/h1,3-5,10,12H,2,6-9,11H2. The van der Waals surface area contributed by atoms with Crippen molar-refractivity contribution in [2.45, 2.75) is 13.0 Å². The van der Waals surface area contributed by atoms with Crippen molar-refractivity contribution in [1.29, 1.82) is 0 Å². The highest BCUT2D eigenvalue weighted by Gasteiger charge is 2.23. The van der Waals surface area contributed by atoms with Crippen LogP contribution in [0.15, 0.2) is 39.5 Å². The number of carbonyl (C=O) groups excluding carboxylic acids is 1. The van der Waals surface area contributed by atoms with Crippen molar-refractivity contribution in [3.63, 3.8) is 0 Å². The molecule has 3 rings (SSSR count). The van der Waals surface area contributed by atoms with Gasteiger partial charge in [-0.15, -0.1) is 0 Å². The lowest BCUT2D eigenvalue weighted by Crippen LogP contribution is -2.35. The number of hydrogen-bond acceptors (Lipinski definition) is 3. The summed E-state index contributed by atoms with van der Waals surface area (Å²) in [4.78, 5) is 16.7. The molecule has 1 aliphatic rings. The first-order chi connectivity index (χ1) is 11.1. The van der Waals surface area contributed by atoms with Gasteiger partial charge in [-0.1, -0.05) is 6.07 Å². The van der Waals surface area contributed by atoms with Gasteiger partial charge in [0, 0.05) is 32.7 Å². The molecule has 1 aliphatic heterocycles. The Hall–Kier alpha value is -1.24. The zero-order chi connectivity index (χ0) is 16.2. The van der Waals surface area contributed by atoms with Gasteiger partial charge in [0.25, 0.3) is 5.91 Å². The van der Waals surface area contributed by atoms with Crippen LogP contribution in [0.5, 0.6) is 0 Å². The Labute approximate surface area is 147 Å². The van der Waals surface area contributed by atoms with Gasteiger partial charge in [0.05, 0.1) is 10.0 Å². The molecule has 0 spiro atoms. The van der Waals surface area contributed by atoms with E-state index in [9.17, 15) is 9.18 Å². The summed E-state index contributed by atoms with van der Waals surface area (Å²) in [5.74, 6) is -0.696. The van der Waals surface area contributed by atoms with E-state index in [2.05, 4.69) is 37.7 Å². The highest BCUT2D eigenvalue weighted by atomic mass is 79.9. The SMILES string of the molecule is O=C(c1cccc(Br)c1F)N1CCCN(Cc2ccsc2)CC1. The van der Waals surface area contributed by atoms with Crippen LogP contribution in [0.3, 0.4) is 0 Å². The van der Waals surface area contributed by atoms with E-state index in [1.807, 2.05) is 0 Å². The van der Waals surface area contributed by atoms with E-state index in [1.54, 1.807) is 34.4 Å². The highest BCUT2D eigenvalue weighted by molar-refractivity contribution is 9.10. The van der Waals surface area contributed by atoms with Crippen LogP contribution in [0.4, 0.5) is 4.39 Å². The average Bonchev–Trinajstić information content (AvgIpc) is 2.94. The number of hydrogen-bond donors (Lipinski definition) is 0. The molecule has 122 valence electrons. The van der Waals surface area contributed by atoms with Crippen LogP contribution in [0.1, 0.15) is 22.3 Å². The first-order valence-electron chi connectivity index (χ1n) is 7.62. The van der Waals surface area contributed by atoms with Crippen LogP contribution in [0.25, 0.3) is 0 Å². The molecule has 23 heavy (non-hydrogen) atoms. The second-order valence-electron chi connectivity index (χ2n) is 5.65. The normalized spacial score (nSPS) is 16.3. The zero-order valence-electron chi connectivity index (χ0n) is 12.7. The Bertz CT molecular complexity index is 677. The average molecular weight is 397 g/mol. The number of carbonyl (C=O) groups is 1. The monoisotopic (exact) mass is 396 g/mol. The van der Waals surface area contributed by atoms with Gasteiger partial charge in [0.15, 0.2) is 0 Å². The van der Waals surface area contributed by atoms with Crippen LogP contribution >= 0.6 is 27.3 Å². The molecule has 1 saturated heterocycles. The molecule has 6 heteroatoms. The van der Waals surface area contributed by atoms with Crippen molar-refractivity contribution < 1.29 is 9.18 Å². The zero-order valence-corrected chi connectivity index (χ0v) is 15.1. The fourth-order valence-electron chi connectivity index (χ4n) is 2.81. The van der Waals surface area contributed by atoms with Crippen molar-refractivity contribution in [1.82, 2.24) is 9.80 Å². The quantitative estimate of drug-likeness (QED) is 0.782. The summed E-state index contributed by atoms with van der Waals surface area (Å²) in [6, 6.07) is 6.99. The molecule has 3 nitrogen and oxygen atoms in total. The van der Waals surface area contributed by atoms with Gasteiger partial charge in [-0.25, -0.2) is 4.39 Å². The Morgan fingerprint density at radius 3 is 2.87 bits per heavy atom. The topological polar surface area (TPSA) is 23.6 Å². The van der Waals surface area contributed by atoms with E-state index >= 15 is 0 Å². The van der Waals surface area contributed by atoms with Crippen molar-refractivity contribution in [2.75, 3.05) is 26.2 Å². The molecule has 2 aromatic rings. The van der Waals surface area contributed by atoms with Gasteiger partial charge < -0.3 is 4.90 Å². The second-order valence-corrected chi connectivity index (χ2v) is 7.29. The van der Waals surface area contributed by atoms with Crippen molar-refractivity contribution in [2.24, 2.45) is 0 Å². The first-order valence-corrected chi connectivity index (χ1v) is 9.35. The van der Waals surface area contributed by atoms with Gasteiger partial charge in [-0.05, 0) is 56.9 Å².